The second-order valence-electron chi connectivity index (χ2n) is 5.78. The van der Waals surface area contributed by atoms with E-state index in [0.717, 1.165) is 16.9 Å². The van der Waals surface area contributed by atoms with Crippen molar-refractivity contribution in [3.63, 3.8) is 0 Å². The standard InChI is InChI=1S/C22H21N3OS/c26-22(20-12-8-11-19(17-20)18-9-4-3-5-10-18)24-15-14-23-21-13-6-1-2-7-16-27-25-21/h1-13,16-17H,14-15H2,(H,23,25)(H,24,26). The number of anilines is 1. The van der Waals surface area contributed by atoms with E-state index in [1.165, 1.54) is 11.5 Å². The molecular formula is C22H21N3OS. The molecule has 1 amide bonds. The average Bonchev–Trinajstić information content (AvgIpc) is 2.86. The van der Waals surface area contributed by atoms with Gasteiger partial charge in [-0.15, -0.1) is 0 Å². The molecule has 5 heteroatoms. The lowest BCUT2D eigenvalue weighted by Gasteiger charge is -2.08. The molecule has 0 saturated heterocycles. The van der Waals surface area contributed by atoms with E-state index in [-0.39, 0.29) is 5.91 Å². The zero-order valence-electron chi connectivity index (χ0n) is 14.8. The first kappa shape index (κ1) is 18.6. The second kappa shape index (κ2) is 10.1. The van der Waals surface area contributed by atoms with Gasteiger partial charge in [0, 0.05) is 24.0 Å². The van der Waals surface area contributed by atoms with Gasteiger partial charge in [-0.1, -0.05) is 66.7 Å². The molecule has 1 aromatic heterocycles. The first-order chi connectivity index (χ1) is 13.3. The number of carbonyl (C=O) groups is 1. The summed E-state index contributed by atoms with van der Waals surface area (Å²) in [7, 11) is 0. The Bertz CT molecular complexity index is 899. The third-order valence-electron chi connectivity index (χ3n) is 3.83. The van der Waals surface area contributed by atoms with Crippen LogP contribution in [0.1, 0.15) is 10.4 Å². The Kier molecular flexibility index (Phi) is 6.95. The Morgan fingerprint density at radius 3 is 2.44 bits per heavy atom. The summed E-state index contributed by atoms with van der Waals surface area (Å²) in [6.07, 6.45) is 0. The van der Waals surface area contributed by atoms with Crippen molar-refractivity contribution in [3.05, 3.63) is 95.9 Å². The highest BCUT2D eigenvalue weighted by molar-refractivity contribution is 7.03. The fourth-order valence-corrected chi connectivity index (χ4v) is 2.96. The van der Waals surface area contributed by atoms with Crippen molar-refractivity contribution in [2.75, 3.05) is 18.4 Å². The van der Waals surface area contributed by atoms with E-state index < -0.39 is 0 Å². The highest BCUT2D eigenvalue weighted by Crippen LogP contribution is 2.19. The van der Waals surface area contributed by atoms with E-state index in [1.807, 2.05) is 90.3 Å². The van der Waals surface area contributed by atoms with Gasteiger partial charge in [-0.3, -0.25) is 4.79 Å². The highest BCUT2D eigenvalue weighted by Gasteiger charge is 2.06. The lowest BCUT2D eigenvalue weighted by molar-refractivity contribution is 0.0955. The van der Waals surface area contributed by atoms with Gasteiger partial charge in [0.2, 0.25) is 0 Å². The molecule has 3 aromatic rings. The zero-order valence-corrected chi connectivity index (χ0v) is 15.7. The molecule has 0 unspecified atom stereocenters. The first-order valence-electron chi connectivity index (χ1n) is 8.74. The van der Waals surface area contributed by atoms with E-state index in [2.05, 4.69) is 15.0 Å². The van der Waals surface area contributed by atoms with Gasteiger partial charge in [0.1, 0.15) is 5.82 Å². The molecule has 3 rings (SSSR count). The molecule has 0 saturated carbocycles. The Balaban J connectivity index is 1.55. The SMILES string of the molecule is O=C(NCCNc1ccccccsn1)c1cccc(-c2ccccc2)c1. The number of hydrogen-bond acceptors (Lipinski definition) is 4. The third kappa shape index (κ3) is 5.94. The first-order valence-corrected chi connectivity index (χ1v) is 9.58. The normalized spacial score (nSPS) is 9.93. The van der Waals surface area contributed by atoms with Crippen molar-refractivity contribution in [3.8, 4) is 11.1 Å². The summed E-state index contributed by atoms with van der Waals surface area (Å²) in [4.78, 5) is 12.4. The molecule has 136 valence electrons. The van der Waals surface area contributed by atoms with Crippen molar-refractivity contribution in [2.24, 2.45) is 0 Å². The number of nitrogens with zero attached hydrogens (tertiary/aromatic N) is 1. The molecular weight excluding hydrogens is 354 g/mol. The fourth-order valence-electron chi connectivity index (χ4n) is 2.50. The van der Waals surface area contributed by atoms with Gasteiger partial charge in [-0.25, -0.2) is 0 Å². The molecule has 0 radical (unpaired) electrons. The molecule has 0 aliphatic carbocycles. The number of nitrogens with one attached hydrogen (secondary N) is 2. The predicted octanol–water partition coefficient (Wildman–Crippen LogP) is 4.78. The van der Waals surface area contributed by atoms with Crippen LogP contribution in [0.5, 0.6) is 0 Å². The molecule has 2 aromatic carbocycles. The van der Waals surface area contributed by atoms with E-state index >= 15 is 0 Å². The molecule has 0 bridgehead atoms. The van der Waals surface area contributed by atoms with Gasteiger partial charge in [0.05, 0.1) is 0 Å². The summed E-state index contributed by atoms with van der Waals surface area (Å²) in [5.41, 5.74) is 2.78. The van der Waals surface area contributed by atoms with E-state index in [0.29, 0.717) is 18.7 Å². The maximum absolute atomic E-state index is 12.4. The highest BCUT2D eigenvalue weighted by atomic mass is 32.1. The Morgan fingerprint density at radius 2 is 1.56 bits per heavy atom. The molecule has 0 atom stereocenters. The Labute approximate surface area is 163 Å². The molecule has 1 heterocycles. The van der Waals surface area contributed by atoms with E-state index in [1.54, 1.807) is 0 Å². The third-order valence-corrected chi connectivity index (χ3v) is 4.41. The summed E-state index contributed by atoms with van der Waals surface area (Å²) < 4.78 is 4.36. The van der Waals surface area contributed by atoms with Crippen molar-refractivity contribution in [1.29, 1.82) is 0 Å². The quantitative estimate of drug-likeness (QED) is 0.610. The lowest BCUT2D eigenvalue weighted by Crippen LogP contribution is -2.28. The van der Waals surface area contributed by atoms with Crippen molar-refractivity contribution < 1.29 is 4.79 Å². The molecule has 27 heavy (non-hydrogen) atoms. The largest absolute Gasteiger partial charge is 0.367 e. The molecule has 0 aliphatic rings. The van der Waals surface area contributed by atoms with Crippen molar-refractivity contribution in [2.45, 2.75) is 0 Å². The van der Waals surface area contributed by atoms with Crippen LogP contribution in [0.2, 0.25) is 0 Å². The van der Waals surface area contributed by atoms with Crippen molar-refractivity contribution >= 4 is 23.3 Å². The van der Waals surface area contributed by atoms with Crippen molar-refractivity contribution in [1.82, 2.24) is 9.69 Å². The minimum atomic E-state index is -0.0817. The Hall–Kier alpha value is -3.18. The zero-order chi connectivity index (χ0) is 18.7. The fraction of sp³-hybridized carbons (Fsp3) is 0.0909. The van der Waals surface area contributed by atoms with Crippen LogP contribution in [0.4, 0.5) is 5.82 Å². The number of rotatable bonds is 6. The summed E-state index contributed by atoms with van der Waals surface area (Å²) >= 11 is 1.37. The molecule has 0 aliphatic heterocycles. The molecule has 4 nitrogen and oxygen atoms in total. The summed E-state index contributed by atoms with van der Waals surface area (Å²) in [5.74, 6) is 0.693. The van der Waals surface area contributed by atoms with Crippen LogP contribution in [0.15, 0.2) is 90.3 Å². The number of aromatic nitrogens is 1. The monoisotopic (exact) mass is 375 g/mol. The van der Waals surface area contributed by atoms with Gasteiger partial charge in [0.25, 0.3) is 5.91 Å². The van der Waals surface area contributed by atoms with E-state index in [9.17, 15) is 4.79 Å². The Morgan fingerprint density at radius 1 is 0.815 bits per heavy atom. The number of hydrogen-bond donors (Lipinski definition) is 2. The van der Waals surface area contributed by atoms with Crippen LogP contribution >= 0.6 is 11.5 Å². The van der Waals surface area contributed by atoms with Crippen LogP contribution in [0.3, 0.4) is 0 Å². The van der Waals surface area contributed by atoms with Gasteiger partial charge in [0.15, 0.2) is 0 Å². The number of carbonyl (C=O) groups excluding carboxylic acids is 1. The second-order valence-corrected chi connectivity index (χ2v) is 6.45. The minimum absolute atomic E-state index is 0.0817. The molecule has 2 N–H and O–H groups in total. The lowest BCUT2D eigenvalue weighted by atomic mass is 10.0. The average molecular weight is 375 g/mol. The molecule has 0 fully saturated rings. The summed E-state index contributed by atoms with van der Waals surface area (Å²) in [6, 6.07) is 27.4. The van der Waals surface area contributed by atoms with Crippen LogP contribution < -0.4 is 10.6 Å². The van der Waals surface area contributed by atoms with Gasteiger partial charge >= 0.3 is 0 Å². The summed E-state index contributed by atoms with van der Waals surface area (Å²) in [6.45, 7) is 1.11. The number of benzene rings is 2. The van der Waals surface area contributed by atoms with Crippen LogP contribution in [-0.4, -0.2) is 23.4 Å². The minimum Gasteiger partial charge on any atom is -0.367 e. The summed E-state index contributed by atoms with van der Waals surface area (Å²) in [5, 5.41) is 8.07. The van der Waals surface area contributed by atoms with Gasteiger partial charge in [-0.2, -0.15) is 4.37 Å². The maximum Gasteiger partial charge on any atom is 0.251 e. The number of amides is 1. The van der Waals surface area contributed by atoms with Gasteiger partial charge < -0.3 is 10.6 Å². The topological polar surface area (TPSA) is 54.0 Å². The maximum atomic E-state index is 12.4. The van der Waals surface area contributed by atoms with Crippen LogP contribution in [0.25, 0.3) is 11.1 Å². The molecule has 0 spiro atoms. The predicted molar refractivity (Wildman–Crippen MR) is 112 cm³/mol. The smallest absolute Gasteiger partial charge is 0.251 e. The van der Waals surface area contributed by atoms with Gasteiger partial charge in [-0.05, 0) is 40.9 Å². The van der Waals surface area contributed by atoms with E-state index in [4.69, 9.17) is 0 Å². The van der Waals surface area contributed by atoms with Crippen LogP contribution in [-0.2, 0) is 0 Å². The van der Waals surface area contributed by atoms with Crippen LogP contribution in [0, 0.1) is 0 Å².